The number of nitrogens with one attached hydrogen (secondary N) is 1. The molecular formula is C14H15BrF3NO3S. The minimum atomic E-state index is -4.63. The van der Waals surface area contributed by atoms with Crippen molar-refractivity contribution < 1.29 is 26.4 Å². The van der Waals surface area contributed by atoms with Gasteiger partial charge in [0.25, 0.3) is 0 Å². The minimum Gasteiger partial charge on any atom is -0.341 e. The quantitative estimate of drug-likeness (QED) is 0.828. The number of carbonyl (C=O) groups excluding carboxylic acids is 1. The van der Waals surface area contributed by atoms with E-state index in [2.05, 4.69) is 15.9 Å². The van der Waals surface area contributed by atoms with Crippen LogP contribution in [0.3, 0.4) is 0 Å². The Balaban J connectivity index is 2.12. The maximum Gasteiger partial charge on any atom is 0.412 e. The Labute approximate surface area is 140 Å². The zero-order valence-corrected chi connectivity index (χ0v) is 14.3. The Morgan fingerprint density at radius 1 is 1.17 bits per heavy atom. The number of hydrogen-bond acceptors (Lipinski definition) is 3. The smallest absolute Gasteiger partial charge is 0.341 e. The molecule has 1 N–H and O–H groups in total. The molecule has 1 saturated heterocycles. The highest BCUT2D eigenvalue weighted by Gasteiger charge is 2.43. The molecule has 0 radical (unpaired) electrons. The summed E-state index contributed by atoms with van der Waals surface area (Å²) in [6, 6.07) is 3.39. The molecule has 0 bridgehead atoms. The van der Waals surface area contributed by atoms with E-state index >= 15 is 0 Å². The normalized spacial score (nSPS) is 20.0. The van der Waals surface area contributed by atoms with Crippen molar-refractivity contribution in [2.75, 3.05) is 11.5 Å². The van der Waals surface area contributed by atoms with Gasteiger partial charge in [-0.1, -0.05) is 28.1 Å². The molecule has 2 rings (SSSR count). The van der Waals surface area contributed by atoms with Gasteiger partial charge in [0, 0.05) is 10.4 Å². The van der Waals surface area contributed by atoms with Crippen molar-refractivity contribution >= 4 is 31.7 Å². The SMILES string of the molecule is O=C(N[C@@H](c1ccc(Br)cc1)C(F)(F)F)C1CCS(=O)(=O)CC1. The van der Waals surface area contributed by atoms with Gasteiger partial charge in [0.2, 0.25) is 5.91 Å². The van der Waals surface area contributed by atoms with Crippen LogP contribution in [0.5, 0.6) is 0 Å². The number of rotatable bonds is 3. The lowest BCUT2D eigenvalue weighted by molar-refractivity contribution is -0.164. The summed E-state index contributed by atoms with van der Waals surface area (Å²) >= 11 is 3.14. The van der Waals surface area contributed by atoms with Gasteiger partial charge in [-0.2, -0.15) is 13.2 Å². The number of amides is 1. The van der Waals surface area contributed by atoms with E-state index in [1.807, 2.05) is 5.32 Å². The molecule has 1 aliphatic rings. The van der Waals surface area contributed by atoms with Crippen molar-refractivity contribution in [1.29, 1.82) is 0 Å². The maximum atomic E-state index is 13.2. The second-order valence-electron chi connectivity index (χ2n) is 5.46. The van der Waals surface area contributed by atoms with Gasteiger partial charge in [0.1, 0.15) is 9.84 Å². The van der Waals surface area contributed by atoms with Crippen LogP contribution in [0.4, 0.5) is 13.2 Å². The van der Waals surface area contributed by atoms with Gasteiger partial charge in [-0.15, -0.1) is 0 Å². The summed E-state index contributed by atoms with van der Waals surface area (Å²) < 4.78 is 63.0. The molecule has 128 valence electrons. The highest BCUT2D eigenvalue weighted by Crippen LogP contribution is 2.34. The molecule has 23 heavy (non-hydrogen) atoms. The van der Waals surface area contributed by atoms with Crippen LogP contribution in [0.25, 0.3) is 0 Å². The molecule has 1 amide bonds. The van der Waals surface area contributed by atoms with Gasteiger partial charge in [-0.05, 0) is 30.5 Å². The van der Waals surface area contributed by atoms with Crippen molar-refractivity contribution in [2.24, 2.45) is 5.92 Å². The molecule has 1 fully saturated rings. The third-order valence-electron chi connectivity index (χ3n) is 3.74. The van der Waals surface area contributed by atoms with Crippen LogP contribution in [-0.4, -0.2) is 32.0 Å². The summed E-state index contributed by atoms with van der Waals surface area (Å²) in [5.74, 6) is -1.80. The Morgan fingerprint density at radius 2 is 1.70 bits per heavy atom. The van der Waals surface area contributed by atoms with E-state index in [1.54, 1.807) is 0 Å². The van der Waals surface area contributed by atoms with Crippen LogP contribution in [0, 0.1) is 5.92 Å². The first-order chi connectivity index (χ1) is 10.6. The van der Waals surface area contributed by atoms with Gasteiger partial charge in [0.15, 0.2) is 6.04 Å². The minimum absolute atomic E-state index is 0.0546. The lowest BCUT2D eigenvalue weighted by Gasteiger charge is -2.26. The molecule has 0 aromatic heterocycles. The predicted molar refractivity (Wildman–Crippen MR) is 82.5 cm³/mol. The molecule has 4 nitrogen and oxygen atoms in total. The molecule has 1 heterocycles. The highest BCUT2D eigenvalue weighted by atomic mass is 79.9. The van der Waals surface area contributed by atoms with E-state index in [0.717, 1.165) is 0 Å². The second-order valence-corrected chi connectivity index (χ2v) is 8.68. The fourth-order valence-electron chi connectivity index (χ4n) is 2.42. The summed E-state index contributed by atoms with van der Waals surface area (Å²) in [7, 11) is -3.17. The van der Waals surface area contributed by atoms with Gasteiger partial charge in [-0.25, -0.2) is 8.42 Å². The molecular weight excluding hydrogens is 399 g/mol. The molecule has 0 unspecified atom stereocenters. The largest absolute Gasteiger partial charge is 0.412 e. The topological polar surface area (TPSA) is 63.2 Å². The van der Waals surface area contributed by atoms with Gasteiger partial charge in [0.05, 0.1) is 11.5 Å². The fourth-order valence-corrected chi connectivity index (χ4v) is 4.18. The van der Waals surface area contributed by atoms with Crippen LogP contribution < -0.4 is 5.32 Å². The summed E-state index contributed by atoms with van der Waals surface area (Å²) in [4.78, 5) is 12.1. The van der Waals surface area contributed by atoms with Gasteiger partial charge >= 0.3 is 6.18 Å². The number of halogens is 4. The number of sulfone groups is 1. The van der Waals surface area contributed by atoms with Crippen molar-refractivity contribution in [2.45, 2.75) is 25.1 Å². The van der Waals surface area contributed by atoms with E-state index < -0.39 is 33.9 Å². The van der Waals surface area contributed by atoms with E-state index in [-0.39, 0.29) is 29.9 Å². The van der Waals surface area contributed by atoms with E-state index in [4.69, 9.17) is 0 Å². The lowest BCUT2D eigenvalue weighted by Crippen LogP contribution is -2.43. The maximum absolute atomic E-state index is 13.2. The molecule has 1 aliphatic heterocycles. The Bertz CT molecular complexity index is 660. The zero-order valence-electron chi connectivity index (χ0n) is 11.9. The monoisotopic (exact) mass is 413 g/mol. The van der Waals surface area contributed by atoms with Crippen molar-refractivity contribution in [1.82, 2.24) is 5.32 Å². The molecule has 1 aromatic rings. The first-order valence-corrected chi connectivity index (χ1v) is 9.53. The number of carbonyl (C=O) groups is 1. The third kappa shape index (κ3) is 4.94. The summed E-state index contributed by atoms with van der Waals surface area (Å²) in [6.45, 7) is 0. The van der Waals surface area contributed by atoms with Gasteiger partial charge in [-0.3, -0.25) is 4.79 Å². The molecule has 1 atom stereocenters. The fraction of sp³-hybridized carbons (Fsp3) is 0.500. The van der Waals surface area contributed by atoms with Crippen molar-refractivity contribution in [3.63, 3.8) is 0 Å². The third-order valence-corrected chi connectivity index (χ3v) is 5.99. The summed E-state index contributed by atoms with van der Waals surface area (Å²) in [6.07, 6.45) is -4.53. The molecule has 0 spiro atoms. The predicted octanol–water partition coefficient (Wildman–Crippen LogP) is 2.99. The Hall–Kier alpha value is -1.09. The molecule has 0 saturated carbocycles. The molecule has 9 heteroatoms. The van der Waals surface area contributed by atoms with Crippen LogP contribution in [0.15, 0.2) is 28.7 Å². The van der Waals surface area contributed by atoms with Crippen molar-refractivity contribution in [3.05, 3.63) is 34.3 Å². The van der Waals surface area contributed by atoms with Crippen LogP contribution in [-0.2, 0) is 14.6 Å². The first-order valence-electron chi connectivity index (χ1n) is 6.91. The van der Waals surface area contributed by atoms with Crippen LogP contribution >= 0.6 is 15.9 Å². The summed E-state index contributed by atoms with van der Waals surface area (Å²) in [5.41, 5.74) is -0.0718. The average Bonchev–Trinajstić information content (AvgIpc) is 2.44. The first kappa shape index (κ1) is 18.3. The summed E-state index contributed by atoms with van der Waals surface area (Å²) in [5, 5.41) is 2.02. The van der Waals surface area contributed by atoms with Crippen LogP contribution in [0.1, 0.15) is 24.4 Å². The lowest BCUT2D eigenvalue weighted by atomic mass is 10.00. The van der Waals surface area contributed by atoms with E-state index in [0.29, 0.717) is 4.47 Å². The highest BCUT2D eigenvalue weighted by molar-refractivity contribution is 9.10. The van der Waals surface area contributed by atoms with Crippen LogP contribution in [0.2, 0.25) is 0 Å². The van der Waals surface area contributed by atoms with Gasteiger partial charge < -0.3 is 5.32 Å². The number of hydrogen-bond donors (Lipinski definition) is 1. The average molecular weight is 414 g/mol. The molecule has 1 aromatic carbocycles. The zero-order chi connectivity index (χ0) is 17.3. The van der Waals surface area contributed by atoms with E-state index in [1.165, 1.54) is 24.3 Å². The molecule has 0 aliphatic carbocycles. The van der Waals surface area contributed by atoms with Crippen molar-refractivity contribution in [3.8, 4) is 0 Å². The van der Waals surface area contributed by atoms with E-state index in [9.17, 15) is 26.4 Å². The Kier molecular flexibility index (Phi) is 5.40. The number of benzene rings is 1. The standard InChI is InChI=1S/C14H15BrF3NO3S/c15-11-3-1-9(2-4-11)12(14(16,17)18)19-13(20)10-5-7-23(21,22)8-6-10/h1-4,10,12H,5-8H2,(H,19,20)/t12-/m0/s1. The second kappa shape index (κ2) is 6.80. The Morgan fingerprint density at radius 3 is 2.17 bits per heavy atom. The number of alkyl halides is 3.